The maximum absolute atomic E-state index is 12.2. The van der Waals surface area contributed by atoms with Crippen molar-refractivity contribution in [3.8, 4) is 5.75 Å². The van der Waals surface area contributed by atoms with Gasteiger partial charge in [-0.2, -0.15) is 15.0 Å². The summed E-state index contributed by atoms with van der Waals surface area (Å²) in [6.07, 6.45) is 2.32. The summed E-state index contributed by atoms with van der Waals surface area (Å²) >= 11 is 1.42. The zero-order chi connectivity index (χ0) is 28.3. The fraction of sp³-hybridized carbons (Fsp3) is 0.444. The van der Waals surface area contributed by atoms with Gasteiger partial charge in [0.25, 0.3) is 0 Å². The lowest BCUT2D eigenvalue weighted by atomic mass is 10.0. The summed E-state index contributed by atoms with van der Waals surface area (Å²) in [5.41, 5.74) is 2.25. The van der Waals surface area contributed by atoms with Crippen LogP contribution >= 0.6 is 21.2 Å². The molecule has 40 heavy (non-hydrogen) atoms. The van der Waals surface area contributed by atoms with Gasteiger partial charge in [0, 0.05) is 57.1 Å². The van der Waals surface area contributed by atoms with E-state index < -0.39 is 7.01 Å². The third-order valence-electron chi connectivity index (χ3n) is 7.46. The van der Waals surface area contributed by atoms with Crippen LogP contribution in [0.3, 0.4) is 0 Å². The summed E-state index contributed by atoms with van der Waals surface area (Å²) in [5, 5.41) is 6.27. The lowest BCUT2D eigenvalue weighted by Crippen LogP contribution is -2.52. The molecule has 0 atom stereocenters. The standard InChI is InChI=1S/C27H35IN8O3S/c1-19-29-26(33-27(30-19)32-23-6-4-5-7-25(23)40(28,37)38)31-22-9-8-21(18-24(22)39-3)35-12-10-20(11-13-35)36-16-14-34(2)15-17-36/h4-9,18,20H,10-17H2,1-3H3,(H2,29,30,31,32,33). The number of piperazine rings is 1. The minimum Gasteiger partial charge on any atom is -0.494 e. The van der Waals surface area contributed by atoms with Crippen LogP contribution in [-0.4, -0.2) is 92.6 Å². The molecular weight excluding hydrogens is 643 g/mol. The van der Waals surface area contributed by atoms with Crippen molar-refractivity contribution >= 4 is 57.2 Å². The molecule has 5 rings (SSSR count). The number of hydrogen-bond acceptors (Lipinski definition) is 11. The maximum atomic E-state index is 12.2. The van der Waals surface area contributed by atoms with E-state index in [4.69, 9.17) is 4.74 Å². The van der Waals surface area contributed by atoms with E-state index in [2.05, 4.69) is 53.4 Å². The summed E-state index contributed by atoms with van der Waals surface area (Å²) < 4.78 is 30.1. The Labute approximate surface area is 247 Å². The Morgan fingerprint density at radius 3 is 2.20 bits per heavy atom. The first-order valence-electron chi connectivity index (χ1n) is 13.4. The summed E-state index contributed by atoms with van der Waals surface area (Å²) in [6, 6.07) is 13.4. The fourth-order valence-electron chi connectivity index (χ4n) is 5.27. The van der Waals surface area contributed by atoms with Crippen molar-refractivity contribution in [2.45, 2.75) is 30.7 Å². The van der Waals surface area contributed by atoms with Gasteiger partial charge in [-0.15, -0.1) is 0 Å². The van der Waals surface area contributed by atoms with Crippen LogP contribution in [0.2, 0.25) is 0 Å². The van der Waals surface area contributed by atoms with Gasteiger partial charge < -0.3 is 25.2 Å². The average molecular weight is 679 g/mol. The fourth-order valence-corrected chi connectivity index (χ4v) is 7.05. The third-order valence-corrected chi connectivity index (χ3v) is 9.76. The van der Waals surface area contributed by atoms with Crippen LogP contribution in [-0.2, 0) is 7.01 Å². The van der Waals surface area contributed by atoms with Gasteiger partial charge in [0.05, 0.1) is 39.7 Å². The molecule has 0 bridgehead atoms. The van der Waals surface area contributed by atoms with E-state index in [1.165, 1.54) is 21.2 Å². The summed E-state index contributed by atoms with van der Waals surface area (Å²) in [5.74, 6) is 1.73. The molecule has 3 aromatic rings. The normalized spacial score (nSPS) is 17.6. The molecule has 2 aliphatic heterocycles. The maximum Gasteiger partial charge on any atom is 0.233 e. The van der Waals surface area contributed by atoms with Crippen molar-refractivity contribution in [2.24, 2.45) is 0 Å². The van der Waals surface area contributed by atoms with Crippen LogP contribution in [0, 0.1) is 6.92 Å². The second-order valence-corrected chi connectivity index (χ2v) is 15.0. The van der Waals surface area contributed by atoms with Crippen LogP contribution < -0.4 is 20.3 Å². The minimum atomic E-state index is -3.46. The highest BCUT2D eigenvalue weighted by Gasteiger charge is 2.27. The van der Waals surface area contributed by atoms with E-state index >= 15 is 0 Å². The quantitative estimate of drug-likeness (QED) is 0.266. The average Bonchev–Trinajstić information content (AvgIpc) is 2.93. The number of nitrogens with one attached hydrogen (secondary N) is 2. The van der Waals surface area contributed by atoms with Crippen LogP contribution in [0.5, 0.6) is 5.75 Å². The Morgan fingerprint density at radius 1 is 0.900 bits per heavy atom. The van der Waals surface area contributed by atoms with Gasteiger partial charge in [-0.25, -0.2) is 8.42 Å². The number of benzene rings is 2. The number of methoxy groups -OCH3 is 1. The number of para-hydroxylation sites is 1. The lowest BCUT2D eigenvalue weighted by Gasteiger charge is -2.42. The molecule has 3 heterocycles. The monoisotopic (exact) mass is 678 g/mol. The van der Waals surface area contributed by atoms with Crippen molar-refractivity contribution < 1.29 is 13.2 Å². The van der Waals surface area contributed by atoms with Crippen molar-refractivity contribution in [3.63, 3.8) is 0 Å². The molecule has 2 saturated heterocycles. The zero-order valence-electron chi connectivity index (χ0n) is 23.0. The molecule has 1 aromatic heterocycles. The predicted octanol–water partition coefficient (Wildman–Crippen LogP) is 4.02. The van der Waals surface area contributed by atoms with Gasteiger partial charge in [0.2, 0.25) is 18.9 Å². The van der Waals surface area contributed by atoms with Crippen LogP contribution in [0.4, 0.5) is 29.0 Å². The Balaban J connectivity index is 1.28. The number of rotatable bonds is 8. The van der Waals surface area contributed by atoms with Crippen molar-refractivity contribution in [2.75, 3.05) is 69.0 Å². The number of hydrogen-bond donors (Lipinski definition) is 2. The molecule has 2 aliphatic rings. The number of nitrogens with zero attached hydrogens (tertiary/aromatic N) is 6. The van der Waals surface area contributed by atoms with Crippen LogP contribution in [0.15, 0.2) is 47.4 Å². The number of aryl methyl sites for hydroxylation is 1. The van der Waals surface area contributed by atoms with Gasteiger partial charge in [-0.1, -0.05) is 12.1 Å². The van der Waals surface area contributed by atoms with E-state index in [1.807, 2.05) is 12.1 Å². The van der Waals surface area contributed by atoms with Gasteiger partial charge in [0.15, 0.2) is 0 Å². The number of halogens is 1. The minimum absolute atomic E-state index is 0.160. The molecule has 2 aromatic carbocycles. The smallest absolute Gasteiger partial charge is 0.233 e. The molecule has 2 N–H and O–H groups in total. The second kappa shape index (κ2) is 12.4. The zero-order valence-corrected chi connectivity index (χ0v) is 25.9. The number of aromatic nitrogens is 3. The number of anilines is 5. The molecule has 0 saturated carbocycles. The molecule has 13 heteroatoms. The molecule has 0 amide bonds. The Hall–Kier alpha value is -2.75. The lowest BCUT2D eigenvalue weighted by molar-refractivity contribution is 0.0982. The molecule has 2 fully saturated rings. The molecule has 0 spiro atoms. The summed E-state index contributed by atoms with van der Waals surface area (Å²) in [7, 11) is 0.389. The van der Waals surface area contributed by atoms with E-state index in [-0.39, 0.29) is 10.8 Å². The van der Waals surface area contributed by atoms with E-state index in [9.17, 15) is 8.42 Å². The molecule has 0 radical (unpaired) electrons. The Kier molecular flexibility index (Phi) is 8.92. The largest absolute Gasteiger partial charge is 0.494 e. The van der Waals surface area contributed by atoms with Crippen molar-refractivity contribution in [3.05, 3.63) is 48.3 Å². The van der Waals surface area contributed by atoms with E-state index in [1.54, 1.807) is 38.3 Å². The van der Waals surface area contributed by atoms with Gasteiger partial charge >= 0.3 is 0 Å². The molecule has 11 nitrogen and oxygen atoms in total. The summed E-state index contributed by atoms with van der Waals surface area (Å²) in [4.78, 5) is 20.9. The van der Waals surface area contributed by atoms with Gasteiger partial charge in [0.1, 0.15) is 16.5 Å². The number of piperidine rings is 1. The van der Waals surface area contributed by atoms with E-state index in [0.29, 0.717) is 29.3 Å². The van der Waals surface area contributed by atoms with Crippen LogP contribution in [0.25, 0.3) is 0 Å². The molecule has 0 aliphatic carbocycles. The highest BCUT2D eigenvalue weighted by molar-refractivity contribution is 14.2. The van der Waals surface area contributed by atoms with Gasteiger partial charge in [-0.05, 0) is 51.1 Å². The first-order valence-corrected chi connectivity index (χ1v) is 17.4. The highest BCUT2D eigenvalue weighted by Crippen LogP contribution is 2.34. The van der Waals surface area contributed by atoms with Gasteiger partial charge in [-0.3, -0.25) is 4.90 Å². The molecule has 0 unspecified atom stereocenters. The Bertz CT molecular complexity index is 1440. The first kappa shape index (κ1) is 28.8. The topological polar surface area (TPSA) is 116 Å². The number of likely N-dealkylation sites (N-methyl/N-ethyl adjacent to an activating group) is 1. The first-order chi connectivity index (χ1) is 19.2. The molecular formula is C27H35IN8O3S. The predicted molar refractivity (Wildman–Crippen MR) is 166 cm³/mol. The molecule has 214 valence electrons. The number of ether oxygens (including phenoxy) is 1. The highest BCUT2D eigenvalue weighted by atomic mass is 127. The van der Waals surface area contributed by atoms with Crippen molar-refractivity contribution in [1.82, 2.24) is 24.8 Å². The summed E-state index contributed by atoms with van der Waals surface area (Å²) in [6.45, 7) is 8.41. The third kappa shape index (κ3) is 6.93. The van der Waals surface area contributed by atoms with E-state index in [0.717, 1.165) is 63.5 Å². The van der Waals surface area contributed by atoms with Crippen molar-refractivity contribution in [1.29, 1.82) is 0 Å². The van der Waals surface area contributed by atoms with Crippen LogP contribution in [0.1, 0.15) is 18.7 Å². The Morgan fingerprint density at radius 2 is 1.55 bits per heavy atom. The SMILES string of the molecule is COc1cc(N2CCC(N3CCN(C)CC3)CC2)ccc1Nc1nc(C)nc(Nc2ccccc2S(=O)(=O)I)n1. The second-order valence-electron chi connectivity index (χ2n) is 10.2.